The van der Waals surface area contributed by atoms with Gasteiger partial charge in [-0.3, -0.25) is 14.2 Å². The second-order valence-corrected chi connectivity index (χ2v) is 3.25. The van der Waals surface area contributed by atoms with Crippen molar-refractivity contribution < 1.29 is 0 Å². The van der Waals surface area contributed by atoms with Gasteiger partial charge in [0.2, 0.25) is 0 Å². The van der Waals surface area contributed by atoms with Crippen LogP contribution in [-0.2, 0) is 0 Å². The summed E-state index contributed by atoms with van der Waals surface area (Å²) in [4.78, 5) is 25.0. The van der Waals surface area contributed by atoms with E-state index >= 15 is 0 Å². The molecule has 4 nitrogen and oxygen atoms in total. The molecule has 0 fully saturated rings. The van der Waals surface area contributed by atoms with Crippen LogP contribution >= 0.6 is 0 Å². The van der Waals surface area contributed by atoms with Crippen LogP contribution in [0.3, 0.4) is 0 Å². The van der Waals surface area contributed by atoms with Crippen molar-refractivity contribution in [2.45, 2.75) is 6.92 Å². The number of rotatable bonds is 1. The molecule has 0 unspecified atom stereocenters. The monoisotopic (exact) mass is 202 g/mol. The van der Waals surface area contributed by atoms with E-state index in [1.165, 1.54) is 10.8 Å². The summed E-state index contributed by atoms with van der Waals surface area (Å²) in [6.07, 6.45) is 3.00. The SMILES string of the molecule is Cc1ccccc1-n1cc[nH]c(=O)c1=O. The maximum absolute atomic E-state index is 11.5. The summed E-state index contributed by atoms with van der Waals surface area (Å²) in [5.41, 5.74) is 0.506. The predicted octanol–water partition coefficient (Wildman–Crippen LogP) is 0.834. The van der Waals surface area contributed by atoms with Crippen LogP contribution in [-0.4, -0.2) is 9.55 Å². The highest BCUT2D eigenvalue weighted by atomic mass is 16.2. The van der Waals surface area contributed by atoms with E-state index in [2.05, 4.69) is 4.98 Å². The average molecular weight is 202 g/mol. The van der Waals surface area contributed by atoms with E-state index in [0.717, 1.165) is 11.3 Å². The van der Waals surface area contributed by atoms with Crippen LogP contribution in [0.25, 0.3) is 5.69 Å². The molecule has 1 heterocycles. The molecule has 0 aliphatic heterocycles. The molecule has 0 amide bonds. The Morgan fingerprint density at radius 2 is 1.93 bits per heavy atom. The number of nitrogens with zero attached hydrogens (tertiary/aromatic N) is 1. The van der Waals surface area contributed by atoms with Crippen LogP contribution < -0.4 is 11.1 Å². The van der Waals surface area contributed by atoms with Crippen LogP contribution in [0, 0.1) is 6.92 Å². The van der Waals surface area contributed by atoms with Crippen LogP contribution in [0.4, 0.5) is 0 Å². The van der Waals surface area contributed by atoms with Crippen LogP contribution in [0.15, 0.2) is 46.2 Å². The molecule has 0 spiro atoms. The first kappa shape index (κ1) is 9.45. The normalized spacial score (nSPS) is 10.2. The first-order valence-electron chi connectivity index (χ1n) is 4.56. The fourth-order valence-corrected chi connectivity index (χ4v) is 1.45. The van der Waals surface area contributed by atoms with Crippen molar-refractivity contribution in [3.8, 4) is 5.69 Å². The maximum atomic E-state index is 11.5. The zero-order chi connectivity index (χ0) is 10.8. The van der Waals surface area contributed by atoms with Gasteiger partial charge < -0.3 is 4.98 Å². The first-order chi connectivity index (χ1) is 7.20. The van der Waals surface area contributed by atoms with Gasteiger partial charge in [0.15, 0.2) is 0 Å². The zero-order valence-electron chi connectivity index (χ0n) is 8.23. The molecule has 2 rings (SSSR count). The van der Waals surface area contributed by atoms with Crippen LogP contribution in [0.1, 0.15) is 5.56 Å². The lowest BCUT2D eigenvalue weighted by Gasteiger charge is -2.06. The summed E-state index contributed by atoms with van der Waals surface area (Å²) in [6.45, 7) is 1.89. The number of benzene rings is 1. The second-order valence-electron chi connectivity index (χ2n) is 3.25. The minimum atomic E-state index is -0.610. The van der Waals surface area contributed by atoms with E-state index in [-0.39, 0.29) is 0 Å². The molecule has 0 saturated carbocycles. The average Bonchev–Trinajstić information content (AvgIpc) is 2.23. The Morgan fingerprint density at radius 3 is 2.67 bits per heavy atom. The van der Waals surface area contributed by atoms with E-state index in [0.29, 0.717) is 0 Å². The van der Waals surface area contributed by atoms with Crippen LogP contribution in [0.2, 0.25) is 0 Å². The van der Waals surface area contributed by atoms with Crippen molar-refractivity contribution in [1.29, 1.82) is 0 Å². The summed E-state index contributed by atoms with van der Waals surface area (Å²) >= 11 is 0. The molecule has 15 heavy (non-hydrogen) atoms. The molecule has 4 heteroatoms. The lowest BCUT2D eigenvalue weighted by molar-refractivity contribution is 0.920. The number of hydrogen-bond donors (Lipinski definition) is 1. The van der Waals surface area contributed by atoms with E-state index in [9.17, 15) is 9.59 Å². The van der Waals surface area contributed by atoms with Crippen molar-refractivity contribution >= 4 is 0 Å². The molecule has 0 radical (unpaired) electrons. The lowest BCUT2D eigenvalue weighted by Crippen LogP contribution is -2.34. The Hall–Kier alpha value is -2.10. The van der Waals surface area contributed by atoms with Crippen molar-refractivity contribution in [3.05, 3.63) is 62.9 Å². The fraction of sp³-hybridized carbons (Fsp3) is 0.0909. The molecule has 1 N–H and O–H groups in total. The molecular weight excluding hydrogens is 192 g/mol. The predicted molar refractivity (Wildman–Crippen MR) is 57.4 cm³/mol. The minimum Gasteiger partial charge on any atom is -0.323 e. The number of aryl methyl sites for hydroxylation is 1. The Bertz CT molecular complexity index is 596. The number of hydrogen-bond acceptors (Lipinski definition) is 2. The van der Waals surface area contributed by atoms with Gasteiger partial charge in [0, 0.05) is 12.4 Å². The Labute approximate surface area is 85.8 Å². The fourth-order valence-electron chi connectivity index (χ4n) is 1.45. The van der Waals surface area contributed by atoms with Crippen molar-refractivity contribution in [3.63, 3.8) is 0 Å². The van der Waals surface area contributed by atoms with Gasteiger partial charge in [-0.2, -0.15) is 0 Å². The molecule has 0 bridgehead atoms. The van der Waals surface area contributed by atoms with Crippen molar-refractivity contribution in [2.75, 3.05) is 0 Å². The molecular formula is C11H10N2O2. The van der Waals surface area contributed by atoms with E-state index in [4.69, 9.17) is 0 Å². The highest BCUT2D eigenvalue weighted by molar-refractivity contribution is 5.39. The van der Waals surface area contributed by atoms with Crippen LogP contribution in [0.5, 0.6) is 0 Å². The Balaban J connectivity index is 2.76. The first-order valence-corrected chi connectivity index (χ1v) is 4.56. The van der Waals surface area contributed by atoms with Gasteiger partial charge in [0.05, 0.1) is 5.69 Å². The highest BCUT2D eigenvalue weighted by Crippen LogP contribution is 2.09. The van der Waals surface area contributed by atoms with E-state index in [1.54, 1.807) is 12.3 Å². The van der Waals surface area contributed by atoms with Gasteiger partial charge in [0.25, 0.3) is 0 Å². The van der Waals surface area contributed by atoms with Crippen molar-refractivity contribution in [1.82, 2.24) is 9.55 Å². The van der Waals surface area contributed by atoms with Gasteiger partial charge in [-0.1, -0.05) is 18.2 Å². The van der Waals surface area contributed by atoms with Gasteiger partial charge in [0.1, 0.15) is 0 Å². The summed E-state index contributed by atoms with van der Waals surface area (Å²) in [5.74, 6) is 0. The Kier molecular flexibility index (Phi) is 2.25. The lowest BCUT2D eigenvalue weighted by atomic mass is 10.2. The van der Waals surface area contributed by atoms with Gasteiger partial charge in [-0.05, 0) is 18.6 Å². The quantitative estimate of drug-likeness (QED) is 0.696. The number of aromatic amines is 1. The van der Waals surface area contributed by atoms with E-state index < -0.39 is 11.1 Å². The third-order valence-corrected chi connectivity index (χ3v) is 2.23. The standard InChI is InChI=1S/C11H10N2O2/c1-8-4-2-3-5-9(8)13-7-6-12-10(14)11(13)15/h2-7H,1H3,(H,12,14). The molecule has 76 valence electrons. The zero-order valence-corrected chi connectivity index (χ0v) is 8.23. The number of aromatic nitrogens is 2. The number of H-pyrrole nitrogens is 1. The third kappa shape index (κ3) is 1.61. The van der Waals surface area contributed by atoms with Gasteiger partial charge >= 0.3 is 11.1 Å². The molecule has 1 aromatic carbocycles. The molecule has 0 saturated heterocycles. The molecule has 2 aromatic rings. The minimum absolute atomic E-state index is 0.563. The topological polar surface area (TPSA) is 54.9 Å². The number of para-hydroxylation sites is 1. The van der Waals surface area contributed by atoms with Gasteiger partial charge in [-0.25, -0.2) is 0 Å². The smallest absolute Gasteiger partial charge is 0.320 e. The summed E-state index contributed by atoms with van der Waals surface area (Å²) in [7, 11) is 0. The maximum Gasteiger partial charge on any atom is 0.320 e. The highest BCUT2D eigenvalue weighted by Gasteiger charge is 2.03. The largest absolute Gasteiger partial charge is 0.323 e. The number of nitrogens with one attached hydrogen (secondary N) is 1. The third-order valence-electron chi connectivity index (χ3n) is 2.23. The second kappa shape index (κ2) is 3.57. The molecule has 0 aliphatic rings. The van der Waals surface area contributed by atoms with Crippen molar-refractivity contribution in [2.24, 2.45) is 0 Å². The molecule has 1 aromatic heterocycles. The molecule has 0 aliphatic carbocycles. The Morgan fingerprint density at radius 1 is 1.20 bits per heavy atom. The van der Waals surface area contributed by atoms with Gasteiger partial charge in [-0.15, -0.1) is 0 Å². The summed E-state index contributed by atoms with van der Waals surface area (Å²) in [6, 6.07) is 7.41. The summed E-state index contributed by atoms with van der Waals surface area (Å²) < 4.78 is 1.34. The molecule has 0 atom stereocenters. The van der Waals surface area contributed by atoms with E-state index in [1.807, 2.05) is 25.1 Å². The summed E-state index contributed by atoms with van der Waals surface area (Å²) in [5, 5.41) is 0.